The molecule has 0 bridgehead atoms. The van der Waals surface area contributed by atoms with Gasteiger partial charge in [0.15, 0.2) is 0 Å². The number of rotatable bonds is 5. The summed E-state index contributed by atoms with van der Waals surface area (Å²) in [6, 6.07) is 1.25. The zero-order valence-corrected chi connectivity index (χ0v) is 11.0. The second kappa shape index (κ2) is 6.08. The van der Waals surface area contributed by atoms with Crippen LogP contribution in [0.2, 0.25) is 5.15 Å². The summed E-state index contributed by atoms with van der Waals surface area (Å²) in [7, 11) is 0. The quantitative estimate of drug-likeness (QED) is 0.658. The summed E-state index contributed by atoms with van der Waals surface area (Å²) in [6.07, 6.45) is 0.113. The summed E-state index contributed by atoms with van der Waals surface area (Å²) in [5, 5.41) is 2.53. The van der Waals surface area contributed by atoms with Crippen LogP contribution in [0.5, 0.6) is 0 Å². The van der Waals surface area contributed by atoms with Crippen molar-refractivity contribution in [1.29, 1.82) is 0 Å². The Morgan fingerprint density at radius 3 is 2.75 bits per heavy atom. The van der Waals surface area contributed by atoms with Crippen molar-refractivity contribution in [2.75, 3.05) is 11.9 Å². The van der Waals surface area contributed by atoms with Crippen LogP contribution < -0.4 is 5.32 Å². The highest BCUT2D eigenvalue weighted by Gasteiger charge is 2.35. The first-order valence-corrected chi connectivity index (χ1v) is 6.17. The Kier molecular flexibility index (Phi) is 4.43. The van der Waals surface area contributed by atoms with Gasteiger partial charge in [-0.15, -0.1) is 0 Å². The third kappa shape index (κ3) is 4.09. The van der Waals surface area contributed by atoms with Crippen molar-refractivity contribution in [1.82, 2.24) is 19.9 Å². The van der Waals surface area contributed by atoms with Crippen LogP contribution in [0.1, 0.15) is 18.1 Å². The summed E-state index contributed by atoms with van der Waals surface area (Å²) in [6.45, 7) is 0.450. The van der Waals surface area contributed by atoms with Gasteiger partial charge in [0.1, 0.15) is 16.8 Å². The number of anilines is 1. The molecule has 108 valence electrons. The van der Waals surface area contributed by atoms with E-state index in [4.69, 9.17) is 11.6 Å². The summed E-state index contributed by atoms with van der Waals surface area (Å²) >= 11 is 5.54. The van der Waals surface area contributed by atoms with Crippen LogP contribution in [0.4, 0.5) is 19.0 Å². The first kappa shape index (κ1) is 14.6. The number of aromatic amines is 1. The van der Waals surface area contributed by atoms with Crippen LogP contribution >= 0.6 is 11.6 Å². The highest BCUT2D eigenvalue weighted by atomic mass is 35.5. The molecule has 2 aromatic heterocycles. The molecule has 5 nitrogen and oxygen atoms in total. The van der Waals surface area contributed by atoms with Crippen molar-refractivity contribution in [2.24, 2.45) is 0 Å². The second-order valence-electron chi connectivity index (χ2n) is 3.96. The van der Waals surface area contributed by atoms with Crippen molar-refractivity contribution in [3.05, 3.63) is 35.3 Å². The molecule has 0 fully saturated rings. The topological polar surface area (TPSA) is 66.5 Å². The van der Waals surface area contributed by atoms with Crippen LogP contribution in [0.25, 0.3) is 0 Å². The molecule has 0 amide bonds. The first-order chi connectivity index (χ1) is 9.45. The number of imidazole rings is 1. The summed E-state index contributed by atoms with van der Waals surface area (Å²) < 4.78 is 37.5. The summed E-state index contributed by atoms with van der Waals surface area (Å²) in [5.74, 6) is -0.376. The fourth-order valence-electron chi connectivity index (χ4n) is 1.54. The molecule has 0 spiro atoms. The van der Waals surface area contributed by atoms with Crippen LogP contribution in [0.15, 0.2) is 18.5 Å². The molecule has 0 unspecified atom stereocenters. The second-order valence-corrected chi connectivity index (χ2v) is 4.35. The smallest absolute Gasteiger partial charge is 0.370 e. The number of aromatic nitrogens is 4. The van der Waals surface area contributed by atoms with Gasteiger partial charge in [-0.25, -0.2) is 15.0 Å². The molecule has 20 heavy (non-hydrogen) atoms. The number of alkyl halides is 3. The molecule has 0 atom stereocenters. The van der Waals surface area contributed by atoms with Crippen molar-refractivity contribution < 1.29 is 13.2 Å². The monoisotopic (exact) mass is 305 g/mol. The molecule has 2 aromatic rings. The Morgan fingerprint density at radius 2 is 2.10 bits per heavy atom. The first-order valence-electron chi connectivity index (χ1n) is 5.79. The number of H-pyrrole nitrogens is 1. The summed E-state index contributed by atoms with van der Waals surface area (Å²) in [5.41, 5.74) is 0. The molecule has 0 aliphatic carbocycles. The standard InChI is InChI=1S/C11H11ClF3N5/c12-7-6-9(20-10(19-7)11(13,14)15)16-3-1-2-8-17-4-5-18-8/h4-6H,1-3H2,(H,17,18)(H,16,19,20). The lowest BCUT2D eigenvalue weighted by Gasteiger charge is -2.09. The lowest BCUT2D eigenvalue weighted by atomic mass is 10.3. The minimum absolute atomic E-state index is 0.0526. The molecule has 2 N–H and O–H groups in total. The van der Waals surface area contributed by atoms with Gasteiger partial charge in [-0.1, -0.05) is 11.6 Å². The number of halogens is 4. The van der Waals surface area contributed by atoms with Crippen LogP contribution in [-0.4, -0.2) is 26.5 Å². The molecule has 0 aliphatic rings. The van der Waals surface area contributed by atoms with E-state index in [0.29, 0.717) is 19.4 Å². The van der Waals surface area contributed by atoms with E-state index in [1.54, 1.807) is 12.4 Å². The Morgan fingerprint density at radius 1 is 1.30 bits per heavy atom. The third-order valence-electron chi connectivity index (χ3n) is 2.40. The maximum Gasteiger partial charge on any atom is 0.451 e. The van der Waals surface area contributed by atoms with E-state index >= 15 is 0 Å². The molecular formula is C11H11ClF3N5. The highest BCUT2D eigenvalue weighted by Crippen LogP contribution is 2.28. The van der Waals surface area contributed by atoms with Gasteiger partial charge in [0.05, 0.1) is 0 Å². The van der Waals surface area contributed by atoms with Gasteiger partial charge in [-0.3, -0.25) is 0 Å². The molecule has 9 heteroatoms. The van der Waals surface area contributed by atoms with Gasteiger partial charge in [0.2, 0.25) is 5.82 Å². The number of nitrogens with zero attached hydrogens (tertiary/aromatic N) is 3. The minimum Gasteiger partial charge on any atom is -0.370 e. The Bertz CT molecular complexity index is 556. The molecular weight excluding hydrogens is 295 g/mol. The predicted molar refractivity (Wildman–Crippen MR) is 67.4 cm³/mol. The average molecular weight is 306 g/mol. The van der Waals surface area contributed by atoms with Gasteiger partial charge in [-0.2, -0.15) is 13.2 Å². The average Bonchev–Trinajstić information content (AvgIpc) is 2.86. The van der Waals surface area contributed by atoms with Gasteiger partial charge in [0, 0.05) is 31.4 Å². The molecule has 2 heterocycles. The molecule has 0 radical (unpaired) electrons. The molecule has 0 aliphatic heterocycles. The Labute approximate surface area is 117 Å². The SMILES string of the molecule is FC(F)(F)c1nc(Cl)cc(NCCCc2ncc[nH]2)n1. The van der Waals surface area contributed by atoms with E-state index in [-0.39, 0.29) is 11.0 Å². The van der Waals surface area contributed by atoms with Crippen LogP contribution in [0.3, 0.4) is 0 Å². The van der Waals surface area contributed by atoms with Crippen molar-refractivity contribution >= 4 is 17.4 Å². The van der Waals surface area contributed by atoms with Gasteiger partial charge < -0.3 is 10.3 Å². The zero-order valence-electron chi connectivity index (χ0n) is 10.2. The lowest BCUT2D eigenvalue weighted by Crippen LogP contribution is -2.14. The summed E-state index contributed by atoms with van der Waals surface area (Å²) in [4.78, 5) is 13.5. The van der Waals surface area contributed by atoms with Crippen molar-refractivity contribution in [3.63, 3.8) is 0 Å². The minimum atomic E-state index is -4.62. The van der Waals surface area contributed by atoms with E-state index in [0.717, 1.165) is 5.82 Å². The maximum absolute atomic E-state index is 12.5. The van der Waals surface area contributed by atoms with Crippen molar-refractivity contribution in [2.45, 2.75) is 19.0 Å². The predicted octanol–water partition coefficient (Wildman–Crippen LogP) is 2.92. The van der Waals surface area contributed by atoms with Gasteiger partial charge >= 0.3 is 6.18 Å². The highest BCUT2D eigenvalue weighted by molar-refractivity contribution is 6.29. The van der Waals surface area contributed by atoms with Gasteiger partial charge in [0.25, 0.3) is 0 Å². The van der Waals surface area contributed by atoms with Gasteiger partial charge in [-0.05, 0) is 6.42 Å². The number of aryl methyl sites for hydroxylation is 1. The fourth-order valence-corrected chi connectivity index (χ4v) is 1.73. The van der Waals surface area contributed by atoms with E-state index < -0.39 is 12.0 Å². The Hall–Kier alpha value is -1.83. The lowest BCUT2D eigenvalue weighted by molar-refractivity contribution is -0.144. The molecule has 2 rings (SSSR count). The normalized spacial score (nSPS) is 11.6. The third-order valence-corrected chi connectivity index (χ3v) is 2.59. The van der Waals surface area contributed by atoms with E-state index in [9.17, 15) is 13.2 Å². The molecule has 0 saturated carbocycles. The zero-order chi connectivity index (χ0) is 14.6. The van der Waals surface area contributed by atoms with Crippen molar-refractivity contribution in [3.8, 4) is 0 Å². The van der Waals surface area contributed by atoms with E-state index in [1.807, 2.05) is 0 Å². The van der Waals surface area contributed by atoms with Crippen LogP contribution in [-0.2, 0) is 12.6 Å². The number of hydrogen-bond acceptors (Lipinski definition) is 4. The molecule has 0 saturated heterocycles. The fraction of sp³-hybridized carbons (Fsp3) is 0.364. The number of hydrogen-bond donors (Lipinski definition) is 2. The maximum atomic E-state index is 12.5. The Balaban J connectivity index is 1.91. The largest absolute Gasteiger partial charge is 0.451 e. The van der Waals surface area contributed by atoms with E-state index in [2.05, 4.69) is 25.3 Å². The van der Waals surface area contributed by atoms with Crippen LogP contribution in [0, 0.1) is 0 Å². The van der Waals surface area contributed by atoms with E-state index in [1.165, 1.54) is 6.07 Å². The molecule has 0 aromatic carbocycles. The number of nitrogens with one attached hydrogen (secondary N) is 2.